The van der Waals surface area contributed by atoms with Crippen LogP contribution in [0.3, 0.4) is 0 Å². The lowest BCUT2D eigenvalue weighted by atomic mass is 10.1. The number of benzene rings is 1. The molecule has 5 heteroatoms. The number of ether oxygens (including phenoxy) is 1. The standard InChI is InChI=1S/C16H24N2O3/c1-12(2)8-9-17-15(19)10-16(20)18-11-13-4-6-14(21-3)7-5-13/h4-7,12H,8-11H2,1-3H3,(H,17,19)(H,18,20). The van der Waals surface area contributed by atoms with Crippen molar-refractivity contribution in [3.05, 3.63) is 29.8 Å². The number of methoxy groups -OCH3 is 1. The van der Waals surface area contributed by atoms with E-state index in [1.54, 1.807) is 7.11 Å². The zero-order valence-electron chi connectivity index (χ0n) is 12.9. The molecule has 0 bridgehead atoms. The van der Waals surface area contributed by atoms with Gasteiger partial charge in [-0.15, -0.1) is 0 Å². The number of carbonyl (C=O) groups excluding carboxylic acids is 2. The second kappa shape index (κ2) is 9.00. The SMILES string of the molecule is COc1ccc(CNC(=O)CC(=O)NCCC(C)C)cc1. The average Bonchev–Trinajstić information content (AvgIpc) is 2.45. The molecular weight excluding hydrogens is 268 g/mol. The summed E-state index contributed by atoms with van der Waals surface area (Å²) < 4.78 is 5.06. The van der Waals surface area contributed by atoms with E-state index in [0.717, 1.165) is 17.7 Å². The monoisotopic (exact) mass is 292 g/mol. The van der Waals surface area contributed by atoms with Crippen molar-refractivity contribution in [1.82, 2.24) is 10.6 Å². The van der Waals surface area contributed by atoms with Crippen LogP contribution in [0.25, 0.3) is 0 Å². The number of hydrogen-bond acceptors (Lipinski definition) is 3. The first-order chi connectivity index (χ1) is 10.0. The molecule has 0 fully saturated rings. The number of nitrogens with one attached hydrogen (secondary N) is 2. The molecule has 5 nitrogen and oxygen atoms in total. The predicted octanol–water partition coefficient (Wildman–Crippen LogP) is 1.86. The van der Waals surface area contributed by atoms with Crippen LogP contribution < -0.4 is 15.4 Å². The minimum absolute atomic E-state index is 0.131. The maximum atomic E-state index is 11.7. The van der Waals surface area contributed by atoms with Gasteiger partial charge in [0.05, 0.1) is 7.11 Å². The minimum atomic E-state index is -0.270. The molecule has 0 aromatic heterocycles. The zero-order chi connectivity index (χ0) is 15.7. The highest BCUT2D eigenvalue weighted by atomic mass is 16.5. The van der Waals surface area contributed by atoms with Crippen LogP contribution in [-0.2, 0) is 16.1 Å². The van der Waals surface area contributed by atoms with Crippen LogP contribution in [0.4, 0.5) is 0 Å². The fourth-order valence-corrected chi connectivity index (χ4v) is 1.72. The van der Waals surface area contributed by atoms with Crippen LogP contribution in [-0.4, -0.2) is 25.5 Å². The van der Waals surface area contributed by atoms with E-state index in [9.17, 15) is 9.59 Å². The van der Waals surface area contributed by atoms with Gasteiger partial charge in [-0.05, 0) is 30.0 Å². The lowest BCUT2D eigenvalue weighted by molar-refractivity contribution is -0.129. The number of hydrogen-bond donors (Lipinski definition) is 2. The Bertz CT molecular complexity index is 455. The Labute approximate surface area is 126 Å². The van der Waals surface area contributed by atoms with Gasteiger partial charge in [-0.1, -0.05) is 26.0 Å². The number of carbonyl (C=O) groups is 2. The Morgan fingerprint density at radius 2 is 1.71 bits per heavy atom. The molecule has 0 saturated carbocycles. The molecule has 21 heavy (non-hydrogen) atoms. The average molecular weight is 292 g/mol. The van der Waals surface area contributed by atoms with Gasteiger partial charge < -0.3 is 15.4 Å². The first-order valence-corrected chi connectivity index (χ1v) is 7.17. The van der Waals surface area contributed by atoms with Crippen LogP contribution >= 0.6 is 0 Å². The van der Waals surface area contributed by atoms with Crippen LogP contribution in [0.1, 0.15) is 32.3 Å². The van der Waals surface area contributed by atoms with Gasteiger partial charge >= 0.3 is 0 Å². The third kappa shape index (κ3) is 7.34. The molecule has 0 radical (unpaired) electrons. The summed E-state index contributed by atoms with van der Waals surface area (Å²) in [6, 6.07) is 7.42. The third-order valence-electron chi connectivity index (χ3n) is 3.01. The predicted molar refractivity (Wildman–Crippen MR) is 81.9 cm³/mol. The summed E-state index contributed by atoms with van der Waals surface area (Å²) in [7, 11) is 1.61. The van der Waals surface area contributed by atoms with Gasteiger partial charge in [-0.25, -0.2) is 0 Å². The molecule has 1 aromatic carbocycles. The van der Waals surface area contributed by atoms with Crippen LogP contribution in [0, 0.1) is 5.92 Å². The molecule has 0 spiro atoms. The van der Waals surface area contributed by atoms with Crippen LogP contribution in [0.5, 0.6) is 5.75 Å². The van der Waals surface area contributed by atoms with Crippen molar-refractivity contribution in [3.63, 3.8) is 0 Å². The Kier molecular flexibility index (Phi) is 7.29. The molecule has 116 valence electrons. The molecule has 0 atom stereocenters. The molecular formula is C16H24N2O3. The van der Waals surface area contributed by atoms with Crippen LogP contribution in [0.15, 0.2) is 24.3 Å². The van der Waals surface area contributed by atoms with Crippen molar-refractivity contribution in [2.75, 3.05) is 13.7 Å². The summed E-state index contributed by atoms with van der Waals surface area (Å²) in [6.45, 7) is 5.20. The molecule has 0 aliphatic heterocycles. The number of rotatable bonds is 8. The fourth-order valence-electron chi connectivity index (χ4n) is 1.72. The van der Waals surface area contributed by atoms with Crippen molar-refractivity contribution >= 4 is 11.8 Å². The van der Waals surface area contributed by atoms with E-state index in [0.29, 0.717) is 19.0 Å². The van der Waals surface area contributed by atoms with E-state index in [-0.39, 0.29) is 18.2 Å². The van der Waals surface area contributed by atoms with Gasteiger partial charge in [0.2, 0.25) is 11.8 Å². The normalized spacial score (nSPS) is 10.3. The van der Waals surface area contributed by atoms with Gasteiger partial charge in [-0.3, -0.25) is 9.59 Å². The highest BCUT2D eigenvalue weighted by Gasteiger charge is 2.08. The number of amides is 2. The molecule has 1 rings (SSSR count). The van der Waals surface area contributed by atoms with E-state index in [1.165, 1.54) is 0 Å². The molecule has 2 amide bonds. The summed E-state index contributed by atoms with van der Waals surface area (Å²) in [6.07, 6.45) is 0.785. The van der Waals surface area contributed by atoms with Crippen molar-refractivity contribution < 1.29 is 14.3 Å². The van der Waals surface area contributed by atoms with Crippen molar-refractivity contribution in [2.24, 2.45) is 5.92 Å². The summed E-state index contributed by atoms with van der Waals surface area (Å²) in [5.41, 5.74) is 0.962. The van der Waals surface area contributed by atoms with E-state index in [4.69, 9.17) is 4.74 Å². The highest BCUT2D eigenvalue weighted by Crippen LogP contribution is 2.10. The maximum absolute atomic E-state index is 11.7. The first-order valence-electron chi connectivity index (χ1n) is 7.17. The summed E-state index contributed by atoms with van der Waals surface area (Å²) in [5.74, 6) is 0.805. The van der Waals surface area contributed by atoms with Gasteiger partial charge in [0.1, 0.15) is 12.2 Å². The zero-order valence-corrected chi connectivity index (χ0v) is 12.9. The minimum Gasteiger partial charge on any atom is -0.497 e. The molecule has 2 N–H and O–H groups in total. The lowest BCUT2D eigenvalue weighted by Crippen LogP contribution is -2.32. The molecule has 0 aliphatic carbocycles. The van der Waals surface area contributed by atoms with Crippen molar-refractivity contribution in [1.29, 1.82) is 0 Å². The summed E-state index contributed by atoms with van der Waals surface area (Å²) in [5, 5.41) is 5.47. The molecule has 0 unspecified atom stereocenters. The largest absolute Gasteiger partial charge is 0.497 e. The van der Waals surface area contributed by atoms with E-state index in [1.807, 2.05) is 24.3 Å². The quantitative estimate of drug-likeness (QED) is 0.719. The Balaban J connectivity index is 2.25. The van der Waals surface area contributed by atoms with Crippen molar-refractivity contribution in [2.45, 2.75) is 33.2 Å². The Hall–Kier alpha value is -2.04. The van der Waals surface area contributed by atoms with Gasteiger partial charge in [0, 0.05) is 13.1 Å². The maximum Gasteiger partial charge on any atom is 0.229 e. The van der Waals surface area contributed by atoms with E-state index < -0.39 is 0 Å². The molecule has 1 aromatic rings. The van der Waals surface area contributed by atoms with Crippen molar-refractivity contribution in [3.8, 4) is 5.75 Å². The smallest absolute Gasteiger partial charge is 0.229 e. The summed E-state index contributed by atoms with van der Waals surface area (Å²) >= 11 is 0. The lowest BCUT2D eigenvalue weighted by Gasteiger charge is -2.08. The van der Waals surface area contributed by atoms with Crippen LogP contribution in [0.2, 0.25) is 0 Å². The molecule has 0 heterocycles. The molecule has 0 saturated heterocycles. The third-order valence-corrected chi connectivity index (χ3v) is 3.01. The topological polar surface area (TPSA) is 67.4 Å². The van der Waals surface area contributed by atoms with Gasteiger partial charge in [0.15, 0.2) is 0 Å². The highest BCUT2D eigenvalue weighted by molar-refractivity contribution is 5.96. The second-order valence-electron chi connectivity index (χ2n) is 5.33. The summed E-state index contributed by atoms with van der Waals surface area (Å²) in [4.78, 5) is 23.2. The Morgan fingerprint density at radius 1 is 1.10 bits per heavy atom. The Morgan fingerprint density at radius 3 is 2.29 bits per heavy atom. The first kappa shape index (κ1) is 17.0. The molecule has 0 aliphatic rings. The second-order valence-corrected chi connectivity index (χ2v) is 5.33. The van der Waals surface area contributed by atoms with E-state index in [2.05, 4.69) is 24.5 Å². The van der Waals surface area contributed by atoms with E-state index >= 15 is 0 Å². The van der Waals surface area contributed by atoms with Gasteiger partial charge in [-0.2, -0.15) is 0 Å². The van der Waals surface area contributed by atoms with Gasteiger partial charge in [0.25, 0.3) is 0 Å². The fraction of sp³-hybridized carbons (Fsp3) is 0.500.